The van der Waals surface area contributed by atoms with Crippen LogP contribution in [0.3, 0.4) is 0 Å². The number of hydrogen-bond donors (Lipinski definition) is 3. The van der Waals surface area contributed by atoms with Crippen LogP contribution in [0.2, 0.25) is 5.02 Å². The van der Waals surface area contributed by atoms with E-state index in [-0.39, 0.29) is 23.6 Å². The first-order valence-corrected chi connectivity index (χ1v) is 17.5. The molecule has 6 rings (SSSR count). The van der Waals surface area contributed by atoms with Gasteiger partial charge in [-0.25, -0.2) is 4.98 Å². The van der Waals surface area contributed by atoms with Crippen molar-refractivity contribution in [3.05, 3.63) is 82.3 Å². The van der Waals surface area contributed by atoms with E-state index in [9.17, 15) is 14.7 Å². The molecule has 2 aliphatic rings. The lowest BCUT2D eigenvalue weighted by Gasteiger charge is -2.31. The van der Waals surface area contributed by atoms with Crippen LogP contribution in [-0.4, -0.2) is 94.2 Å². The summed E-state index contributed by atoms with van der Waals surface area (Å²) >= 11 is 7.04. The molecule has 4 aromatic rings. The molecule has 3 N–H and O–H groups in total. The molecule has 5 heterocycles. The van der Waals surface area contributed by atoms with E-state index >= 15 is 0 Å². The van der Waals surface area contributed by atoms with Gasteiger partial charge in [0.25, 0.3) is 5.91 Å². The van der Waals surface area contributed by atoms with Crippen LogP contribution in [-0.2, 0) is 17.9 Å². The highest BCUT2D eigenvalue weighted by Gasteiger charge is 2.24. The Hall–Kier alpha value is -4.62. The van der Waals surface area contributed by atoms with Crippen molar-refractivity contribution in [3.8, 4) is 34.1 Å². The van der Waals surface area contributed by atoms with Crippen molar-refractivity contribution >= 4 is 29.1 Å². The molecule has 0 radical (unpaired) electrons. The number of benzene rings is 1. The number of β-amino-alcohol motifs (C(OH)–C–C–N with tert-alkyl or cyclic N) is 1. The molecule has 268 valence electrons. The van der Waals surface area contributed by atoms with Crippen molar-refractivity contribution in [1.82, 2.24) is 30.1 Å². The molecule has 13 heteroatoms. The molecule has 2 saturated heterocycles. The maximum absolute atomic E-state index is 13.4. The van der Waals surface area contributed by atoms with E-state index in [2.05, 4.69) is 25.5 Å². The van der Waals surface area contributed by atoms with Crippen molar-refractivity contribution < 1.29 is 24.2 Å². The second-order valence-electron chi connectivity index (χ2n) is 13.0. The standard InChI is InChI=1S/C38H44ClN7O5/c1-23-29(6-5-7-31(23)43-37(49)33-18-34(50-3)26(20-42-33)21-45-15-13-28(48)22-45)36-35(39)30(10-14-40-36)32-9-8-25(38(44-32)51-4)19-41-27-11-16-46(17-12-27)24(2)47/h5-10,14,18,20,27-28,41,48H,11-13,15-17,19,21-22H2,1-4H3,(H,43,49)/t28-/m0/s1. The molecule has 0 saturated carbocycles. The SMILES string of the molecule is COc1cc(C(=O)Nc2cccc(-c3nccc(-c4ccc(CNC5CCN(C(C)=O)CC5)c(OC)n4)c3Cl)c2C)ncc1CN1CC[C@H](O)C1. The summed E-state index contributed by atoms with van der Waals surface area (Å²) in [5, 5.41) is 16.9. The third kappa shape index (κ3) is 8.31. The maximum Gasteiger partial charge on any atom is 0.274 e. The quantitative estimate of drug-likeness (QED) is 0.192. The fraction of sp³-hybridized carbons (Fsp3) is 0.395. The van der Waals surface area contributed by atoms with Gasteiger partial charge in [-0.1, -0.05) is 29.8 Å². The molecule has 2 amide bonds. The van der Waals surface area contributed by atoms with Gasteiger partial charge in [0, 0.05) is 98.6 Å². The van der Waals surface area contributed by atoms with Crippen LogP contribution < -0.4 is 20.1 Å². The lowest BCUT2D eigenvalue weighted by Crippen LogP contribution is -2.44. The molecular formula is C38H44ClN7O5. The highest BCUT2D eigenvalue weighted by atomic mass is 35.5. The number of rotatable bonds is 11. The normalized spacial score (nSPS) is 16.7. The number of carbonyl (C=O) groups is 2. The van der Waals surface area contributed by atoms with Gasteiger partial charge in [0.1, 0.15) is 11.4 Å². The number of aromatic nitrogens is 3. The van der Waals surface area contributed by atoms with Crippen molar-refractivity contribution in [3.63, 3.8) is 0 Å². The molecule has 51 heavy (non-hydrogen) atoms. The van der Waals surface area contributed by atoms with Gasteiger partial charge in [-0.2, -0.15) is 0 Å². The molecule has 2 fully saturated rings. The number of likely N-dealkylation sites (tertiary alicyclic amines) is 2. The van der Waals surface area contributed by atoms with Gasteiger partial charge >= 0.3 is 0 Å². The number of hydrogen-bond acceptors (Lipinski definition) is 10. The first-order chi connectivity index (χ1) is 24.6. The Kier molecular flexibility index (Phi) is 11.5. The summed E-state index contributed by atoms with van der Waals surface area (Å²) in [4.78, 5) is 42.9. The lowest BCUT2D eigenvalue weighted by atomic mass is 10.0. The van der Waals surface area contributed by atoms with E-state index in [1.165, 1.54) is 0 Å². The van der Waals surface area contributed by atoms with Crippen molar-refractivity contribution in [2.24, 2.45) is 0 Å². The molecular weight excluding hydrogens is 670 g/mol. The monoisotopic (exact) mass is 713 g/mol. The topological polar surface area (TPSA) is 142 Å². The highest BCUT2D eigenvalue weighted by molar-refractivity contribution is 6.35. The summed E-state index contributed by atoms with van der Waals surface area (Å²) < 4.78 is 11.3. The fourth-order valence-corrected chi connectivity index (χ4v) is 7.03. The number of amides is 2. The molecule has 0 aliphatic carbocycles. The molecule has 1 aromatic carbocycles. The van der Waals surface area contributed by atoms with E-state index in [1.807, 2.05) is 48.2 Å². The number of anilines is 1. The Balaban J connectivity index is 1.17. The summed E-state index contributed by atoms with van der Waals surface area (Å²) in [5.74, 6) is 0.812. The average Bonchev–Trinajstić information content (AvgIpc) is 3.56. The molecule has 3 aromatic heterocycles. The molecule has 0 spiro atoms. The Bertz CT molecular complexity index is 1900. The predicted molar refractivity (Wildman–Crippen MR) is 196 cm³/mol. The fourth-order valence-electron chi connectivity index (χ4n) is 6.72. The van der Waals surface area contributed by atoms with Crippen LogP contribution in [0.4, 0.5) is 5.69 Å². The van der Waals surface area contributed by atoms with E-state index in [0.717, 1.165) is 61.2 Å². The Morgan fingerprint density at radius 2 is 1.80 bits per heavy atom. The minimum Gasteiger partial charge on any atom is -0.496 e. The number of piperidine rings is 1. The summed E-state index contributed by atoms with van der Waals surface area (Å²) in [5.41, 5.74) is 6.04. The Morgan fingerprint density at radius 1 is 1.00 bits per heavy atom. The number of halogens is 1. The first-order valence-electron chi connectivity index (χ1n) is 17.2. The number of pyridine rings is 3. The van der Waals surface area contributed by atoms with E-state index < -0.39 is 0 Å². The highest BCUT2D eigenvalue weighted by Crippen LogP contribution is 2.38. The zero-order chi connectivity index (χ0) is 36.1. The minimum absolute atomic E-state index is 0.121. The van der Waals surface area contributed by atoms with Crippen LogP contribution >= 0.6 is 11.6 Å². The number of nitrogens with one attached hydrogen (secondary N) is 2. The van der Waals surface area contributed by atoms with Gasteiger partial charge in [-0.3, -0.25) is 24.5 Å². The summed E-state index contributed by atoms with van der Waals surface area (Å²) in [6.45, 7) is 7.60. The number of nitrogens with zero attached hydrogens (tertiary/aromatic N) is 5. The zero-order valence-corrected chi connectivity index (χ0v) is 30.2. The number of methoxy groups -OCH3 is 2. The van der Waals surface area contributed by atoms with Crippen LogP contribution in [0.5, 0.6) is 11.6 Å². The maximum atomic E-state index is 13.4. The first kappa shape index (κ1) is 36.2. The molecule has 0 unspecified atom stereocenters. The van der Waals surface area contributed by atoms with Crippen molar-refractivity contribution in [1.29, 1.82) is 0 Å². The smallest absolute Gasteiger partial charge is 0.274 e. The summed E-state index contributed by atoms with van der Waals surface area (Å²) in [6, 6.07) is 13.3. The zero-order valence-electron chi connectivity index (χ0n) is 29.4. The van der Waals surface area contributed by atoms with Crippen LogP contribution in [0, 0.1) is 6.92 Å². The van der Waals surface area contributed by atoms with Crippen LogP contribution in [0.15, 0.2) is 54.9 Å². The van der Waals surface area contributed by atoms with Gasteiger partial charge in [0.2, 0.25) is 11.8 Å². The molecule has 0 bridgehead atoms. The van der Waals surface area contributed by atoms with Crippen molar-refractivity contribution in [2.75, 3.05) is 45.7 Å². The van der Waals surface area contributed by atoms with Crippen LogP contribution in [0.1, 0.15) is 53.4 Å². The third-order valence-corrected chi connectivity index (χ3v) is 10.1. The van der Waals surface area contributed by atoms with E-state index in [1.54, 1.807) is 39.6 Å². The Labute approximate surface area is 303 Å². The number of carbonyl (C=O) groups excluding carboxylic acids is 2. The summed E-state index contributed by atoms with van der Waals surface area (Å²) in [7, 11) is 3.17. The van der Waals surface area contributed by atoms with E-state index in [4.69, 9.17) is 26.1 Å². The summed E-state index contributed by atoms with van der Waals surface area (Å²) in [6.07, 6.45) is 5.57. The molecule has 2 aliphatic heterocycles. The average molecular weight is 714 g/mol. The predicted octanol–water partition coefficient (Wildman–Crippen LogP) is 5.10. The molecule has 12 nitrogen and oxygen atoms in total. The van der Waals surface area contributed by atoms with Crippen molar-refractivity contribution in [2.45, 2.75) is 58.3 Å². The number of aliphatic hydroxyl groups excluding tert-OH is 1. The van der Waals surface area contributed by atoms with Gasteiger partial charge < -0.3 is 30.1 Å². The largest absolute Gasteiger partial charge is 0.496 e. The second kappa shape index (κ2) is 16.2. The van der Waals surface area contributed by atoms with Gasteiger partial charge in [-0.15, -0.1) is 0 Å². The second-order valence-corrected chi connectivity index (χ2v) is 13.4. The Morgan fingerprint density at radius 3 is 2.51 bits per heavy atom. The lowest BCUT2D eigenvalue weighted by molar-refractivity contribution is -0.129. The third-order valence-electron chi connectivity index (χ3n) is 9.69. The van der Waals surface area contributed by atoms with Crippen LogP contribution in [0.25, 0.3) is 22.5 Å². The van der Waals surface area contributed by atoms with Gasteiger partial charge in [0.15, 0.2) is 0 Å². The number of aliphatic hydroxyl groups is 1. The minimum atomic E-state index is -0.378. The molecule has 1 atom stereocenters. The number of ether oxygens (including phenoxy) is 2. The van der Waals surface area contributed by atoms with E-state index in [0.29, 0.717) is 65.0 Å². The van der Waals surface area contributed by atoms with Gasteiger partial charge in [0.05, 0.1) is 36.7 Å². The van der Waals surface area contributed by atoms with Gasteiger partial charge in [-0.05, 0) is 49.9 Å².